The maximum absolute atomic E-state index is 11.7. The first-order valence-electron chi connectivity index (χ1n) is 12.5. The van der Waals surface area contributed by atoms with Crippen LogP contribution in [0, 0.1) is 17.3 Å². The van der Waals surface area contributed by atoms with Gasteiger partial charge in [0.2, 0.25) is 0 Å². The highest BCUT2D eigenvalue weighted by Gasteiger charge is 2.56. The SMILES string of the molecule is CC(=O)O[C@H]1CC[C@H]2[C@@H]3CCc4cc(O)c(-c5cc(-c6ccccc6)no5)cc4[C@H]3CC[C@]12C. The largest absolute Gasteiger partial charge is 0.507 e. The first kappa shape index (κ1) is 21.5. The van der Waals surface area contributed by atoms with Crippen molar-refractivity contribution >= 4 is 5.97 Å². The molecule has 0 amide bonds. The van der Waals surface area contributed by atoms with E-state index in [-0.39, 0.29) is 23.2 Å². The number of esters is 1. The van der Waals surface area contributed by atoms with Crippen molar-refractivity contribution < 1.29 is 19.2 Å². The Morgan fingerprint density at radius 2 is 1.94 bits per heavy atom. The monoisotopic (exact) mass is 457 g/mol. The molecule has 176 valence electrons. The topological polar surface area (TPSA) is 72.6 Å². The Bertz CT molecular complexity index is 1230. The van der Waals surface area contributed by atoms with Crippen LogP contribution in [0.3, 0.4) is 0 Å². The van der Waals surface area contributed by atoms with Gasteiger partial charge in [-0.15, -0.1) is 0 Å². The van der Waals surface area contributed by atoms with Gasteiger partial charge in [0, 0.05) is 24.0 Å². The van der Waals surface area contributed by atoms with Gasteiger partial charge in [-0.2, -0.15) is 0 Å². The Morgan fingerprint density at radius 3 is 2.74 bits per heavy atom. The molecular formula is C29H31NO4. The fourth-order valence-electron chi connectivity index (χ4n) is 7.30. The Morgan fingerprint density at radius 1 is 1.12 bits per heavy atom. The molecule has 1 aromatic heterocycles. The number of ether oxygens (including phenoxy) is 1. The fourth-order valence-corrected chi connectivity index (χ4v) is 7.30. The van der Waals surface area contributed by atoms with Crippen molar-refractivity contribution in [3.8, 4) is 28.3 Å². The molecule has 34 heavy (non-hydrogen) atoms. The number of hydrogen-bond donors (Lipinski definition) is 1. The second-order valence-electron chi connectivity index (χ2n) is 10.6. The quantitative estimate of drug-likeness (QED) is 0.454. The molecule has 0 spiro atoms. The standard InChI is InChI=1S/C29H31NO4/c1-17(31)33-28-11-10-24-21-9-8-19-14-26(32)23(15-22(19)20(21)12-13-29(24,28)2)27-16-25(30-34-27)18-6-4-3-5-7-18/h3-7,14-16,20-21,24,28,32H,8-13H2,1-2H3/t20-,21+,24-,28-,29-/m0/s1. The molecule has 3 aliphatic rings. The number of carbonyl (C=O) groups is 1. The molecule has 2 aromatic carbocycles. The van der Waals surface area contributed by atoms with Gasteiger partial charge in [0.15, 0.2) is 5.76 Å². The summed E-state index contributed by atoms with van der Waals surface area (Å²) in [5.74, 6) is 2.30. The van der Waals surface area contributed by atoms with Gasteiger partial charge in [-0.3, -0.25) is 4.79 Å². The summed E-state index contributed by atoms with van der Waals surface area (Å²) in [6, 6.07) is 15.9. The molecule has 3 aliphatic carbocycles. The number of nitrogens with zero attached hydrogens (tertiary/aromatic N) is 1. The zero-order chi connectivity index (χ0) is 23.4. The first-order chi connectivity index (χ1) is 16.4. The lowest BCUT2D eigenvalue weighted by atomic mass is 9.55. The molecule has 0 bridgehead atoms. The van der Waals surface area contributed by atoms with Crippen molar-refractivity contribution in [2.45, 2.75) is 64.4 Å². The number of hydrogen-bond acceptors (Lipinski definition) is 5. The number of phenols is 1. The molecule has 5 heteroatoms. The summed E-state index contributed by atoms with van der Waals surface area (Å²) in [7, 11) is 0. The van der Waals surface area contributed by atoms with E-state index in [1.807, 2.05) is 42.5 Å². The fraction of sp³-hybridized carbons (Fsp3) is 0.448. The molecule has 1 N–H and O–H groups in total. The van der Waals surface area contributed by atoms with Crippen LogP contribution >= 0.6 is 0 Å². The van der Waals surface area contributed by atoms with Crippen LogP contribution in [0.2, 0.25) is 0 Å². The van der Waals surface area contributed by atoms with E-state index in [9.17, 15) is 9.90 Å². The molecule has 2 saturated carbocycles. The van der Waals surface area contributed by atoms with Crippen molar-refractivity contribution in [3.63, 3.8) is 0 Å². The molecular weight excluding hydrogens is 426 g/mol. The van der Waals surface area contributed by atoms with Crippen molar-refractivity contribution in [2.75, 3.05) is 0 Å². The summed E-state index contributed by atoms with van der Waals surface area (Å²) in [6.07, 6.45) is 6.38. The number of fused-ring (bicyclic) bond motifs is 5. The Kier molecular flexibility index (Phi) is 5.05. The molecule has 1 heterocycles. The van der Waals surface area contributed by atoms with Gasteiger partial charge < -0.3 is 14.4 Å². The van der Waals surface area contributed by atoms with Gasteiger partial charge in [0.25, 0.3) is 0 Å². The van der Waals surface area contributed by atoms with Crippen LogP contribution in [-0.2, 0) is 16.0 Å². The highest BCUT2D eigenvalue weighted by atomic mass is 16.5. The minimum atomic E-state index is -0.162. The van der Waals surface area contributed by atoms with Crippen LogP contribution in [0.4, 0.5) is 0 Å². The number of carbonyl (C=O) groups excluding carboxylic acids is 1. The van der Waals surface area contributed by atoms with E-state index in [4.69, 9.17) is 9.26 Å². The summed E-state index contributed by atoms with van der Waals surface area (Å²) in [5, 5.41) is 15.1. The lowest BCUT2D eigenvalue weighted by Crippen LogP contribution is -2.45. The number of rotatable bonds is 3. The lowest BCUT2D eigenvalue weighted by Gasteiger charge is -2.50. The average Bonchev–Trinajstić information content (AvgIpc) is 3.44. The highest BCUT2D eigenvalue weighted by molar-refractivity contribution is 5.72. The van der Waals surface area contributed by atoms with E-state index in [2.05, 4.69) is 18.1 Å². The molecule has 5 atom stereocenters. The van der Waals surface area contributed by atoms with E-state index >= 15 is 0 Å². The smallest absolute Gasteiger partial charge is 0.302 e. The van der Waals surface area contributed by atoms with Crippen molar-refractivity contribution in [3.05, 3.63) is 59.7 Å². The molecule has 2 fully saturated rings. The highest BCUT2D eigenvalue weighted by Crippen LogP contribution is 2.62. The van der Waals surface area contributed by atoms with E-state index in [1.165, 1.54) is 18.1 Å². The van der Waals surface area contributed by atoms with Gasteiger partial charge in [-0.05, 0) is 79.5 Å². The summed E-state index contributed by atoms with van der Waals surface area (Å²) < 4.78 is 11.5. The molecule has 3 aromatic rings. The third-order valence-electron chi connectivity index (χ3n) is 8.91. The van der Waals surface area contributed by atoms with Gasteiger partial charge in [-0.25, -0.2) is 0 Å². The molecule has 0 aliphatic heterocycles. The van der Waals surface area contributed by atoms with Crippen molar-refractivity contribution in [1.29, 1.82) is 0 Å². The molecule has 6 rings (SSSR count). The van der Waals surface area contributed by atoms with Crippen LogP contribution in [0.15, 0.2) is 53.1 Å². The maximum Gasteiger partial charge on any atom is 0.302 e. The number of aryl methyl sites for hydroxylation is 1. The van der Waals surface area contributed by atoms with Gasteiger partial charge >= 0.3 is 5.97 Å². The lowest BCUT2D eigenvalue weighted by molar-refractivity contribution is -0.154. The second kappa shape index (κ2) is 8.00. The van der Waals surface area contributed by atoms with Crippen LogP contribution in [0.25, 0.3) is 22.6 Å². The summed E-state index contributed by atoms with van der Waals surface area (Å²) in [5.41, 5.74) is 5.14. The number of aromatic nitrogens is 1. The normalized spacial score (nSPS) is 29.7. The number of benzene rings is 2. The zero-order valence-corrected chi connectivity index (χ0v) is 19.8. The van der Waals surface area contributed by atoms with Gasteiger partial charge in [0.1, 0.15) is 17.5 Å². The van der Waals surface area contributed by atoms with Crippen LogP contribution in [-0.4, -0.2) is 22.3 Å². The number of phenolic OH excluding ortho intramolecular Hbond substituents is 1. The van der Waals surface area contributed by atoms with Crippen molar-refractivity contribution in [2.24, 2.45) is 17.3 Å². The molecule has 0 radical (unpaired) electrons. The average molecular weight is 458 g/mol. The minimum absolute atomic E-state index is 0.0401. The first-order valence-corrected chi connectivity index (χ1v) is 12.5. The van der Waals surface area contributed by atoms with Crippen LogP contribution in [0.5, 0.6) is 5.75 Å². The minimum Gasteiger partial charge on any atom is -0.507 e. The van der Waals surface area contributed by atoms with Gasteiger partial charge in [0.05, 0.1) is 5.56 Å². The van der Waals surface area contributed by atoms with E-state index in [1.54, 1.807) is 0 Å². The van der Waals surface area contributed by atoms with Gasteiger partial charge in [-0.1, -0.05) is 42.4 Å². The summed E-state index contributed by atoms with van der Waals surface area (Å²) >= 11 is 0. The van der Waals surface area contributed by atoms with E-state index in [0.29, 0.717) is 29.1 Å². The maximum atomic E-state index is 11.7. The molecule has 0 unspecified atom stereocenters. The predicted octanol–water partition coefficient (Wildman–Crippen LogP) is 6.50. The predicted molar refractivity (Wildman–Crippen MR) is 129 cm³/mol. The Hall–Kier alpha value is -3.08. The molecule has 0 saturated heterocycles. The third kappa shape index (κ3) is 3.36. The van der Waals surface area contributed by atoms with Crippen LogP contribution < -0.4 is 0 Å². The van der Waals surface area contributed by atoms with Crippen molar-refractivity contribution in [1.82, 2.24) is 5.16 Å². The Labute approximate surface area is 200 Å². The van der Waals surface area contributed by atoms with E-state index in [0.717, 1.165) is 49.8 Å². The zero-order valence-electron chi connectivity index (χ0n) is 19.8. The number of aromatic hydroxyl groups is 1. The summed E-state index contributed by atoms with van der Waals surface area (Å²) in [6.45, 7) is 3.87. The summed E-state index contributed by atoms with van der Waals surface area (Å²) in [4.78, 5) is 11.7. The Balaban J connectivity index is 1.32. The third-order valence-corrected chi connectivity index (χ3v) is 8.91. The second-order valence-corrected chi connectivity index (χ2v) is 10.6. The molecule has 5 nitrogen and oxygen atoms in total. The van der Waals surface area contributed by atoms with E-state index < -0.39 is 0 Å². The van der Waals surface area contributed by atoms with Crippen LogP contribution in [0.1, 0.15) is 63.0 Å².